The first kappa shape index (κ1) is 13.2. The summed E-state index contributed by atoms with van der Waals surface area (Å²) in [7, 11) is 0. The van der Waals surface area contributed by atoms with Gasteiger partial charge in [0.15, 0.2) is 0 Å². The lowest BCUT2D eigenvalue weighted by atomic mass is 10.0. The fourth-order valence-electron chi connectivity index (χ4n) is 2.22. The predicted octanol–water partition coefficient (Wildman–Crippen LogP) is 3.75. The molecule has 3 aromatic rings. The van der Waals surface area contributed by atoms with Crippen LogP contribution < -0.4 is 5.73 Å². The number of fused-ring (bicyclic) bond motifs is 1. The van der Waals surface area contributed by atoms with Crippen LogP contribution in [0.3, 0.4) is 0 Å². The van der Waals surface area contributed by atoms with Gasteiger partial charge >= 0.3 is 0 Å². The van der Waals surface area contributed by atoms with Crippen molar-refractivity contribution in [2.75, 3.05) is 0 Å². The quantitative estimate of drug-likeness (QED) is 0.779. The molecule has 0 spiro atoms. The van der Waals surface area contributed by atoms with Crippen molar-refractivity contribution in [2.24, 2.45) is 5.73 Å². The van der Waals surface area contributed by atoms with Crippen LogP contribution >= 0.6 is 15.9 Å². The highest BCUT2D eigenvalue weighted by Crippen LogP contribution is 2.26. The van der Waals surface area contributed by atoms with E-state index in [1.165, 1.54) is 0 Å². The first-order valence-corrected chi connectivity index (χ1v) is 7.18. The van der Waals surface area contributed by atoms with E-state index in [9.17, 15) is 0 Å². The Balaban J connectivity index is 2.06. The van der Waals surface area contributed by atoms with Crippen molar-refractivity contribution in [1.29, 1.82) is 0 Å². The average Bonchev–Trinajstić information content (AvgIpc) is 2.46. The molecule has 0 aliphatic heterocycles. The fourth-order valence-corrected chi connectivity index (χ4v) is 2.73. The Labute approximate surface area is 126 Å². The molecule has 0 amide bonds. The summed E-state index contributed by atoms with van der Waals surface area (Å²) in [5.41, 5.74) is 10.2. The maximum atomic E-state index is 6.33. The van der Waals surface area contributed by atoms with E-state index in [-0.39, 0.29) is 6.04 Å². The minimum absolute atomic E-state index is 0.253. The smallest absolute Gasteiger partial charge is 0.0758 e. The highest BCUT2D eigenvalue weighted by Gasteiger charge is 2.13. The molecular weight excluding hydrogens is 314 g/mol. The van der Waals surface area contributed by atoms with Crippen LogP contribution in [0.25, 0.3) is 10.9 Å². The molecule has 0 fully saturated rings. The summed E-state index contributed by atoms with van der Waals surface area (Å²) < 4.78 is 0.926. The van der Waals surface area contributed by atoms with Gasteiger partial charge in [-0.2, -0.15) is 0 Å². The first-order chi connectivity index (χ1) is 9.65. The van der Waals surface area contributed by atoms with E-state index >= 15 is 0 Å². The van der Waals surface area contributed by atoms with Crippen LogP contribution in [-0.2, 0) is 0 Å². The molecule has 1 unspecified atom stereocenters. The second-order valence-electron chi connectivity index (χ2n) is 4.75. The summed E-state index contributed by atoms with van der Waals surface area (Å²) in [4.78, 5) is 8.86. The molecule has 0 saturated carbocycles. The standard InChI is InChI=1S/C16H14BrN3/c1-10-4-5-11-9-12(6-7-14(11)20-10)15(18)16-13(17)3-2-8-19-16/h2-9,15H,18H2,1H3. The van der Waals surface area contributed by atoms with Crippen molar-refractivity contribution in [3.63, 3.8) is 0 Å². The molecule has 3 nitrogen and oxygen atoms in total. The van der Waals surface area contributed by atoms with E-state index in [2.05, 4.69) is 38.0 Å². The second kappa shape index (κ2) is 5.31. The summed E-state index contributed by atoms with van der Waals surface area (Å²) in [6.45, 7) is 1.99. The van der Waals surface area contributed by atoms with Gasteiger partial charge in [-0.15, -0.1) is 0 Å². The van der Waals surface area contributed by atoms with Crippen LogP contribution in [0.15, 0.2) is 53.1 Å². The third-order valence-electron chi connectivity index (χ3n) is 3.29. The molecule has 0 aliphatic carbocycles. The van der Waals surface area contributed by atoms with Crippen molar-refractivity contribution in [1.82, 2.24) is 9.97 Å². The Bertz CT molecular complexity index is 771. The first-order valence-electron chi connectivity index (χ1n) is 6.38. The van der Waals surface area contributed by atoms with Gasteiger partial charge in [-0.25, -0.2) is 0 Å². The van der Waals surface area contributed by atoms with Crippen LogP contribution in [0.5, 0.6) is 0 Å². The highest BCUT2D eigenvalue weighted by atomic mass is 79.9. The Morgan fingerprint density at radius 2 is 2.00 bits per heavy atom. The van der Waals surface area contributed by atoms with Crippen LogP contribution in [0.1, 0.15) is 23.0 Å². The van der Waals surface area contributed by atoms with Crippen molar-refractivity contribution in [2.45, 2.75) is 13.0 Å². The zero-order valence-electron chi connectivity index (χ0n) is 11.0. The molecule has 3 rings (SSSR count). The molecule has 4 heteroatoms. The number of hydrogen-bond acceptors (Lipinski definition) is 3. The average molecular weight is 328 g/mol. The molecule has 2 heterocycles. The number of halogens is 1. The highest BCUT2D eigenvalue weighted by molar-refractivity contribution is 9.10. The number of aryl methyl sites for hydroxylation is 1. The number of pyridine rings is 2. The molecule has 2 aromatic heterocycles. The number of benzene rings is 1. The Kier molecular flexibility index (Phi) is 3.51. The number of hydrogen-bond donors (Lipinski definition) is 1. The van der Waals surface area contributed by atoms with Crippen molar-refractivity contribution < 1.29 is 0 Å². The molecule has 0 radical (unpaired) electrons. The number of rotatable bonds is 2. The van der Waals surface area contributed by atoms with Gasteiger partial charge < -0.3 is 5.73 Å². The molecule has 1 atom stereocenters. The second-order valence-corrected chi connectivity index (χ2v) is 5.61. The zero-order valence-corrected chi connectivity index (χ0v) is 12.6. The summed E-state index contributed by atoms with van der Waals surface area (Å²) in [5.74, 6) is 0. The van der Waals surface area contributed by atoms with Crippen molar-refractivity contribution in [3.05, 3.63) is 70.1 Å². The lowest BCUT2D eigenvalue weighted by molar-refractivity contribution is 0.823. The summed E-state index contributed by atoms with van der Waals surface area (Å²) in [5, 5.41) is 1.09. The van der Waals surface area contributed by atoms with E-state index in [1.54, 1.807) is 6.20 Å². The number of aromatic nitrogens is 2. The predicted molar refractivity (Wildman–Crippen MR) is 84.4 cm³/mol. The van der Waals surface area contributed by atoms with Crippen molar-refractivity contribution in [3.8, 4) is 0 Å². The Hall–Kier alpha value is -1.78. The van der Waals surface area contributed by atoms with Gasteiger partial charge in [0.25, 0.3) is 0 Å². The minimum atomic E-state index is -0.253. The maximum absolute atomic E-state index is 6.33. The topological polar surface area (TPSA) is 51.8 Å². The lowest BCUT2D eigenvalue weighted by Crippen LogP contribution is -2.14. The maximum Gasteiger partial charge on any atom is 0.0758 e. The van der Waals surface area contributed by atoms with E-state index < -0.39 is 0 Å². The SMILES string of the molecule is Cc1ccc2cc(C(N)c3ncccc3Br)ccc2n1. The zero-order chi connectivity index (χ0) is 14.1. The lowest BCUT2D eigenvalue weighted by Gasteiger charge is -2.13. The van der Waals surface area contributed by atoms with Crippen LogP contribution in [0.4, 0.5) is 0 Å². The fraction of sp³-hybridized carbons (Fsp3) is 0.125. The van der Waals surface area contributed by atoms with Gasteiger partial charge in [0, 0.05) is 21.7 Å². The Morgan fingerprint density at radius 1 is 1.15 bits per heavy atom. The number of nitrogens with zero attached hydrogens (tertiary/aromatic N) is 2. The normalized spacial score (nSPS) is 12.6. The van der Waals surface area contributed by atoms with Crippen LogP contribution in [0, 0.1) is 6.92 Å². The third kappa shape index (κ3) is 2.44. The van der Waals surface area contributed by atoms with Crippen LogP contribution in [-0.4, -0.2) is 9.97 Å². The molecular formula is C16H14BrN3. The van der Waals surface area contributed by atoms with Crippen molar-refractivity contribution >= 4 is 26.8 Å². The molecule has 100 valence electrons. The molecule has 2 N–H and O–H groups in total. The van der Waals surface area contributed by atoms with Gasteiger partial charge in [0.05, 0.1) is 17.3 Å². The molecule has 20 heavy (non-hydrogen) atoms. The summed E-state index contributed by atoms with van der Waals surface area (Å²) in [6, 6.07) is 13.8. The molecule has 1 aromatic carbocycles. The van der Waals surface area contributed by atoms with Crippen LogP contribution in [0.2, 0.25) is 0 Å². The van der Waals surface area contributed by atoms with Gasteiger partial charge in [0.1, 0.15) is 0 Å². The van der Waals surface area contributed by atoms with Gasteiger partial charge in [0.2, 0.25) is 0 Å². The summed E-state index contributed by atoms with van der Waals surface area (Å²) in [6.07, 6.45) is 1.76. The molecule has 0 bridgehead atoms. The molecule has 0 saturated heterocycles. The van der Waals surface area contributed by atoms with E-state index in [4.69, 9.17) is 5.73 Å². The van der Waals surface area contributed by atoms with E-state index in [0.717, 1.165) is 32.3 Å². The van der Waals surface area contributed by atoms with Gasteiger partial charge in [-0.05, 0) is 58.7 Å². The van der Waals surface area contributed by atoms with Gasteiger partial charge in [-0.3, -0.25) is 9.97 Å². The number of nitrogens with two attached hydrogens (primary N) is 1. The largest absolute Gasteiger partial charge is 0.319 e. The Morgan fingerprint density at radius 3 is 2.80 bits per heavy atom. The third-order valence-corrected chi connectivity index (χ3v) is 3.96. The minimum Gasteiger partial charge on any atom is -0.319 e. The van der Waals surface area contributed by atoms with Gasteiger partial charge in [-0.1, -0.05) is 12.1 Å². The summed E-state index contributed by atoms with van der Waals surface area (Å²) >= 11 is 3.50. The van der Waals surface area contributed by atoms with E-state index in [1.807, 2.05) is 37.3 Å². The monoisotopic (exact) mass is 327 g/mol. The van der Waals surface area contributed by atoms with E-state index in [0.29, 0.717) is 0 Å². The molecule has 0 aliphatic rings.